The number of H-pyrrole nitrogens is 1. The molecule has 0 saturated carbocycles. The maximum atomic E-state index is 11.6. The predicted molar refractivity (Wildman–Crippen MR) is 57.2 cm³/mol. The van der Waals surface area contributed by atoms with Gasteiger partial charge in [-0.3, -0.25) is 9.59 Å². The molecule has 6 nitrogen and oxygen atoms in total. The maximum absolute atomic E-state index is 11.6. The Labute approximate surface area is 91.9 Å². The molecule has 1 aromatic rings. The second kappa shape index (κ2) is 5.43. The van der Waals surface area contributed by atoms with Gasteiger partial charge in [0.25, 0.3) is 11.5 Å². The molecule has 0 saturated heterocycles. The SMILES string of the molecule is Cc1ccc(C(=O)NC(CO)CO)c(=O)[nH]1. The average Bonchev–Trinajstić information content (AvgIpc) is 2.25. The molecule has 1 amide bonds. The van der Waals surface area contributed by atoms with Crippen molar-refractivity contribution >= 4 is 5.91 Å². The van der Waals surface area contributed by atoms with Crippen molar-refractivity contribution in [3.05, 3.63) is 33.7 Å². The molecular formula is C10H14N2O4. The molecule has 1 rings (SSSR count). The summed E-state index contributed by atoms with van der Waals surface area (Å²) < 4.78 is 0. The fourth-order valence-corrected chi connectivity index (χ4v) is 1.16. The van der Waals surface area contributed by atoms with Gasteiger partial charge >= 0.3 is 0 Å². The highest BCUT2D eigenvalue weighted by atomic mass is 16.3. The summed E-state index contributed by atoms with van der Waals surface area (Å²) in [5.74, 6) is -0.616. The Kier molecular flexibility index (Phi) is 4.21. The Morgan fingerprint density at radius 3 is 2.56 bits per heavy atom. The van der Waals surface area contributed by atoms with Crippen LogP contribution in [0.25, 0.3) is 0 Å². The van der Waals surface area contributed by atoms with Gasteiger partial charge in [0, 0.05) is 5.69 Å². The summed E-state index contributed by atoms with van der Waals surface area (Å²) in [7, 11) is 0. The van der Waals surface area contributed by atoms with Crippen molar-refractivity contribution in [2.75, 3.05) is 13.2 Å². The third-order valence-electron chi connectivity index (χ3n) is 2.08. The minimum Gasteiger partial charge on any atom is -0.394 e. The lowest BCUT2D eigenvalue weighted by atomic mass is 10.2. The van der Waals surface area contributed by atoms with Crippen LogP contribution in [0.5, 0.6) is 0 Å². The highest BCUT2D eigenvalue weighted by Gasteiger charge is 2.14. The third kappa shape index (κ3) is 2.91. The molecule has 1 heterocycles. The van der Waals surface area contributed by atoms with Gasteiger partial charge in [0.1, 0.15) is 5.56 Å². The molecule has 6 heteroatoms. The molecule has 0 unspecified atom stereocenters. The summed E-state index contributed by atoms with van der Waals surface area (Å²) in [5.41, 5.74) is 0.118. The molecule has 0 atom stereocenters. The van der Waals surface area contributed by atoms with Gasteiger partial charge in [-0.15, -0.1) is 0 Å². The van der Waals surface area contributed by atoms with Crippen LogP contribution < -0.4 is 10.9 Å². The second-order valence-electron chi connectivity index (χ2n) is 3.42. The molecule has 0 spiro atoms. The topological polar surface area (TPSA) is 102 Å². The Morgan fingerprint density at radius 2 is 2.06 bits per heavy atom. The van der Waals surface area contributed by atoms with E-state index >= 15 is 0 Å². The minimum absolute atomic E-state index is 0.0440. The molecule has 1 aromatic heterocycles. The summed E-state index contributed by atoms with van der Waals surface area (Å²) in [5, 5.41) is 19.9. The molecule has 0 aliphatic carbocycles. The van der Waals surface area contributed by atoms with Crippen molar-refractivity contribution in [3.63, 3.8) is 0 Å². The number of aryl methyl sites for hydroxylation is 1. The molecule has 0 aliphatic rings. The van der Waals surface area contributed by atoms with E-state index in [1.165, 1.54) is 6.07 Å². The van der Waals surface area contributed by atoms with Gasteiger partial charge in [-0.1, -0.05) is 0 Å². The van der Waals surface area contributed by atoms with Gasteiger partial charge in [0.2, 0.25) is 0 Å². The highest BCUT2D eigenvalue weighted by molar-refractivity contribution is 5.93. The number of pyridine rings is 1. The molecule has 0 aromatic carbocycles. The zero-order valence-electron chi connectivity index (χ0n) is 8.86. The lowest BCUT2D eigenvalue weighted by molar-refractivity contribution is 0.0878. The van der Waals surface area contributed by atoms with E-state index in [4.69, 9.17) is 10.2 Å². The number of aromatic amines is 1. The Bertz CT molecular complexity index is 423. The van der Waals surface area contributed by atoms with E-state index in [1.807, 2.05) is 0 Å². The number of nitrogens with one attached hydrogen (secondary N) is 2. The van der Waals surface area contributed by atoms with E-state index in [9.17, 15) is 9.59 Å². The maximum Gasteiger partial charge on any atom is 0.260 e. The van der Waals surface area contributed by atoms with Crippen LogP contribution in [0.2, 0.25) is 0 Å². The number of aliphatic hydroxyl groups is 2. The third-order valence-corrected chi connectivity index (χ3v) is 2.08. The summed E-state index contributed by atoms with van der Waals surface area (Å²) in [4.78, 5) is 25.4. The van der Waals surface area contributed by atoms with E-state index in [0.717, 1.165) is 0 Å². The van der Waals surface area contributed by atoms with Crippen LogP contribution in [-0.2, 0) is 0 Å². The Balaban J connectivity index is 2.85. The normalized spacial score (nSPS) is 10.5. The molecule has 4 N–H and O–H groups in total. The van der Waals surface area contributed by atoms with Gasteiger partial charge in [-0.25, -0.2) is 0 Å². The number of amides is 1. The number of carbonyl (C=O) groups excluding carboxylic acids is 1. The standard InChI is InChI=1S/C10H14N2O4/c1-6-2-3-8(9(15)11-6)10(16)12-7(4-13)5-14/h2-3,7,13-14H,4-5H2,1H3,(H,11,15)(H,12,16). The van der Waals surface area contributed by atoms with Gasteiger partial charge < -0.3 is 20.5 Å². The first-order valence-electron chi connectivity index (χ1n) is 4.81. The smallest absolute Gasteiger partial charge is 0.260 e. The summed E-state index contributed by atoms with van der Waals surface area (Å²) in [6.07, 6.45) is 0. The molecule has 0 bridgehead atoms. The van der Waals surface area contributed by atoms with Crippen LogP contribution in [-0.4, -0.2) is 40.4 Å². The van der Waals surface area contributed by atoms with E-state index in [1.54, 1.807) is 13.0 Å². The fraction of sp³-hybridized carbons (Fsp3) is 0.400. The minimum atomic E-state index is -0.756. The van der Waals surface area contributed by atoms with E-state index < -0.39 is 17.5 Å². The predicted octanol–water partition coefficient (Wildman–Crippen LogP) is -1.23. The van der Waals surface area contributed by atoms with Gasteiger partial charge in [-0.05, 0) is 19.1 Å². The van der Waals surface area contributed by atoms with E-state index in [-0.39, 0.29) is 18.8 Å². The first-order chi connectivity index (χ1) is 7.58. The second-order valence-corrected chi connectivity index (χ2v) is 3.42. The summed E-state index contributed by atoms with van der Waals surface area (Å²) >= 11 is 0. The van der Waals surface area contributed by atoms with Crippen LogP contribution in [0.15, 0.2) is 16.9 Å². The van der Waals surface area contributed by atoms with Crippen LogP contribution in [0, 0.1) is 6.92 Å². The largest absolute Gasteiger partial charge is 0.394 e. The number of rotatable bonds is 4. The first kappa shape index (κ1) is 12.4. The number of carbonyl (C=O) groups is 1. The van der Waals surface area contributed by atoms with Crippen LogP contribution >= 0.6 is 0 Å². The summed E-state index contributed by atoms with van der Waals surface area (Å²) in [6.45, 7) is 0.936. The average molecular weight is 226 g/mol. The lowest BCUT2D eigenvalue weighted by Gasteiger charge is -2.12. The van der Waals surface area contributed by atoms with Gasteiger partial charge in [0.05, 0.1) is 19.3 Å². The van der Waals surface area contributed by atoms with Crippen molar-refractivity contribution in [1.29, 1.82) is 0 Å². The van der Waals surface area contributed by atoms with Crippen molar-refractivity contribution in [2.24, 2.45) is 0 Å². The van der Waals surface area contributed by atoms with Crippen LogP contribution in [0.3, 0.4) is 0 Å². The summed E-state index contributed by atoms with van der Waals surface area (Å²) in [6, 6.07) is 2.24. The van der Waals surface area contributed by atoms with Crippen LogP contribution in [0.4, 0.5) is 0 Å². The highest BCUT2D eigenvalue weighted by Crippen LogP contribution is 1.94. The lowest BCUT2D eigenvalue weighted by Crippen LogP contribution is -2.42. The number of aliphatic hydroxyl groups excluding tert-OH is 2. The van der Waals surface area contributed by atoms with E-state index in [0.29, 0.717) is 5.69 Å². The first-order valence-corrected chi connectivity index (χ1v) is 4.81. The molecular weight excluding hydrogens is 212 g/mol. The van der Waals surface area contributed by atoms with Gasteiger partial charge in [0.15, 0.2) is 0 Å². The fourth-order valence-electron chi connectivity index (χ4n) is 1.16. The molecule has 16 heavy (non-hydrogen) atoms. The molecule has 0 fully saturated rings. The zero-order chi connectivity index (χ0) is 12.1. The zero-order valence-corrected chi connectivity index (χ0v) is 8.86. The quantitative estimate of drug-likeness (QED) is 0.516. The molecule has 88 valence electrons. The molecule has 0 radical (unpaired) electrons. The number of hydrogen-bond donors (Lipinski definition) is 4. The monoisotopic (exact) mass is 226 g/mol. The van der Waals surface area contributed by atoms with Gasteiger partial charge in [-0.2, -0.15) is 0 Å². The van der Waals surface area contributed by atoms with Crippen molar-refractivity contribution < 1.29 is 15.0 Å². The van der Waals surface area contributed by atoms with Crippen molar-refractivity contribution in [1.82, 2.24) is 10.3 Å². The van der Waals surface area contributed by atoms with E-state index in [2.05, 4.69) is 10.3 Å². The Hall–Kier alpha value is -1.66. The molecule has 0 aliphatic heterocycles. The van der Waals surface area contributed by atoms with Crippen molar-refractivity contribution in [3.8, 4) is 0 Å². The Morgan fingerprint density at radius 1 is 1.44 bits per heavy atom. The number of aromatic nitrogens is 1. The number of hydrogen-bond acceptors (Lipinski definition) is 4. The van der Waals surface area contributed by atoms with Crippen LogP contribution in [0.1, 0.15) is 16.1 Å². The van der Waals surface area contributed by atoms with Crippen molar-refractivity contribution in [2.45, 2.75) is 13.0 Å².